The molecule has 0 unspecified atom stereocenters. The van der Waals surface area contributed by atoms with Crippen molar-refractivity contribution in [3.05, 3.63) is 30.4 Å². The molecular weight excluding hydrogens is 316 g/mol. The lowest BCUT2D eigenvalue weighted by Crippen LogP contribution is -2.34. The number of hydrogen-bond donors (Lipinski definition) is 0. The van der Waals surface area contributed by atoms with Gasteiger partial charge in [0.05, 0.1) is 6.54 Å². The van der Waals surface area contributed by atoms with Gasteiger partial charge in [0, 0.05) is 25.0 Å². The van der Waals surface area contributed by atoms with Gasteiger partial charge in [0.15, 0.2) is 5.82 Å². The van der Waals surface area contributed by atoms with Crippen molar-refractivity contribution in [3.63, 3.8) is 0 Å². The number of unbranched alkanes of at least 4 members (excludes halogenated alkanes) is 1. The molecule has 0 atom stereocenters. The van der Waals surface area contributed by atoms with E-state index in [1.165, 1.54) is 10.5 Å². The molecule has 0 radical (unpaired) electrons. The summed E-state index contributed by atoms with van der Waals surface area (Å²) < 4.78 is 28.9. The molecule has 0 bridgehead atoms. The molecule has 2 aromatic rings. The molecule has 1 aliphatic rings. The summed E-state index contributed by atoms with van der Waals surface area (Å²) in [7, 11) is -3.59. The van der Waals surface area contributed by atoms with Crippen molar-refractivity contribution in [1.29, 1.82) is 0 Å². The van der Waals surface area contributed by atoms with Gasteiger partial charge in [-0.25, -0.2) is 13.1 Å². The lowest BCUT2D eigenvalue weighted by atomic mass is 10.3. The summed E-state index contributed by atoms with van der Waals surface area (Å²) in [4.78, 5) is 4.12. The van der Waals surface area contributed by atoms with Crippen molar-refractivity contribution < 1.29 is 8.42 Å². The minimum Gasteiger partial charge on any atom is -0.263 e. The van der Waals surface area contributed by atoms with E-state index in [2.05, 4.69) is 27.4 Å². The predicted octanol–water partition coefficient (Wildman–Crippen LogP) is 1.22. The second-order valence-electron chi connectivity index (χ2n) is 5.64. The molecule has 3 rings (SSSR count). The van der Waals surface area contributed by atoms with E-state index in [1.54, 1.807) is 23.0 Å². The van der Waals surface area contributed by atoms with E-state index in [4.69, 9.17) is 0 Å². The van der Waals surface area contributed by atoms with E-state index < -0.39 is 10.0 Å². The number of pyridine rings is 1. The molecule has 1 aliphatic carbocycles. The Morgan fingerprint density at radius 3 is 2.87 bits per heavy atom. The summed E-state index contributed by atoms with van der Waals surface area (Å²) in [5.74, 6) is 0.581. The standard InChI is InChI=1S/C14H20N6O2S/c1-2-3-9-19-14(16-17-18-19)11-20(12-6-7-12)23(21,22)13-5-4-8-15-10-13/h4-5,8,10,12H,2-3,6-7,9,11H2,1H3. The first-order valence-electron chi connectivity index (χ1n) is 7.80. The summed E-state index contributed by atoms with van der Waals surface area (Å²) in [6.45, 7) is 2.98. The SMILES string of the molecule is CCCCn1nnnc1CN(C1CC1)S(=O)(=O)c1cccnc1. The van der Waals surface area contributed by atoms with Crippen LogP contribution in [0.5, 0.6) is 0 Å². The molecule has 2 aromatic heterocycles. The van der Waals surface area contributed by atoms with Gasteiger partial charge in [-0.1, -0.05) is 13.3 Å². The van der Waals surface area contributed by atoms with E-state index in [0.717, 1.165) is 25.7 Å². The Balaban J connectivity index is 1.85. The lowest BCUT2D eigenvalue weighted by Gasteiger charge is -2.21. The third-order valence-electron chi connectivity index (χ3n) is 3.82. The highest BCUT2D eigenvalue weighted by Crippen LogP contribution is 2.33. The van der Waals surface area contributed by atoms with Crippen LogP contribution in [-0.2, 0) is 23.1 Å². The largest absolute Gasteiger partial charge is 0.263 e. The van der Waals surface area contributed by atoms with Gasteiger partial charge in [-0.3, -0.25) is 4.98 Å². The predicted molar refractivity (Wildman–Crippen MR) is 82.7 cm³/mol. The second kappa shape index (κ2) is 6.71. The quantitative estimate of drug-likeness (QED) is 0.719. The van der Waals surface area contributed by atoms with Gasteiger partial charge >= 0.3 is 0 Å². The minimum absolute atomic E-state index is 0.0246. The fourth-order valence-electron chi connectivity index (χ4n) is 2.37. The zero-order valence-corrected chi connectivity index (χ0v) is 13.9. The average Bonchev–Trinajstić information content (AvgIpc) is 3.30. The van der Waals surface area contributed by atoms with Crippen molar-refractivity contribution >= 4 is 10.0 Å². The fourth-order valence-corrected chi connectivity index (χ4v) is 3.97. The zero-order valence-electron chi connectivity index (χ0n) is 13.0. The van der Waals surface area contributed by atoms with Crippen LogP contribution in [0.3, 0.4) is 0 Å². The Morgan fingerprint density at radius 2 is 2.22 bits per heavy atom. The van der Waals surface area contributed by atoms with Crippen molar-refractivity contribution in [2.24, 2.45) is 0 Å². The van der Waals surface area contributed by atoms with Gasteiger partial charge in [0.25, 0.3) is 0 Å². The van der Waals surface area contributed by atoms with E-state index >= 15 is 0 Å². The molecule has 0 aliphatic heterocycles. The van der Waals surface area contributed by atoms with Crippen LogP contribution in [-0.4, -0.2) is 44.0 Å². The molecule has 0 spiro atoms. The Kier molecular flexibility index (Phi) is 4.67. The van der Waals surface area contributed by atoms with Crippen LogP contribution in [0.1, 0.15) is 38.4 Å². The third kappa shape index (κ3) is 3.56. The molecule has 0 N–H and O–H groups in total. The number of sulfonamides is 1. The van der Waals surface area contributed by atoms with Crippen LogP contribution >= 0.6 is 0 Å². The molecule has 1 fully saturated rings. The van der Waals surface area contributed by atoms with E-state index in [1.807, 2.05) is 0 Å². The number of aromatic nitrogens is 5. The number of rotatable bonds is 8. The summed E-state index contributed by atoms with van der Waals surface area (Å²) in [6, 6.07) is 3.22. The monoisotopic (exact) mass is 336 g/mol. The fraction of sp³-hybridized carbons (Fsp3) is 0.571. The van der Waals surface area contributed by atoms with Gasteiger partial charge in [-0.15, -0.1) is 5.10 Å². The van der Waals surface area contributed by atoms with Crippen LogP contribution in [0.4, 0.5) is 0 Å². The summed E-state index contributed by atoms with van der Waals surface area (Å²) in [5, 5.41) is 11.7. The summed E-state index contributed by atoms with van der Waals surface area (Å²) >= 11 is 0. The topological polar surface area (TPSA) is 93.9 Å². The smallest absolute Gasteiger partial charge is 0.245 e. The molecule has 8 nitrogen and oxygen atoms in total. The summed E-state index contributed by atoms with van der Waals surface area (Å²) in [5.41, 5.74) is 0. The number of nitrogens with zero attached hydrogens (tertiary/aromatic N) is 6. The molecule has 2 heterocycles. The van der Waals surface area contributed by atoms with Crippen LogP contribution in [0.15, 0.2) is 29.4 Å². The first-order valence-corrected chi connectivity index (χ1v) is 9.24. The van der Waals surface area contributed by atoms with Crippen molar-refractivity contribution in [1.82, 2.24) is 29.5 Å². The van der Waals surface area contributed by atoms with E-state index in [-0.39, 0.29) is 17.5 Å². The van der Waals surface area contributed by atoms with Crippen LogP contribution in [0.25, 0.3) is 0 Å². The maximum absolute atomic E-state index is 12.9. The van der Waals surface area contributed by atoms with Gasteiger partial charge in [-0.05, 0) is 41.8 Å². The van der Waals surface area contributed by atoms with Gasteiger partial charge in [-0.2, -0.15) is 4.31 Å². The van der Waals surface area contributed by atoms with Crippen LogP contribution in [0, 0.1) is 0 Å². The highest BCUT2D eigenvalue weighted by atomic mass is 32.2. The van der Waals surface area contributed by atoms with Crippen molar-refractivity contribution in [2.75, 3.05) is 0 Å². The van der Waals surface area contributed by atoms with Crippen molar-refractivity contribution in [2.45, 2.75) is 56.6 Å². The molecule has 0 aromatic carbocycles. The third-order valence-corrected chi connectivity index (χ3v) is 5.70. The minimum atomic E-state index is -3.59. The normalized spacial score (nSPS) is 15.2. The van der Waals surface area contributed by atoms with Gasteiger partial charge in [0.1, 0.15) is 4.90 Å². The molecule has 9 heteroatoms. The number of aryl methyl sites for hydroxylation is 1. The second-order valence-corrected chi connectivity index (χ2v) is 7.53. The Labute approximate surface area is 135 Å². The summed E-state index contributed by atoms with van der Waals surface area (Å²) in [6.07, 6.45) is 6.67. The maximum Gasteiger partial charge on any atom is 0.245 e. The Morgan fingerprint density at radius 1 is 1.39 bits per heavy atom. The average molecular weight is 336 g/mol. The molecule has 23 heavy (non-hydrogen) atoms. The highest BCUT2D eigenvalue weighted by molar-refractivity contribution is 7.89. The number of hydrogen-bond acceptors (Lipinski definition) is 6. The highest BCUT2D eigenvalue weighted by Gasteiger charge is 2.39. The van der Waals surface area contributed by atoms with Crippen molar-refractivity contribution in [3.8, 4) is 0 Å². The Bertz CT molecular complexity index is 742. The molecule has 0 amide bonds. The first kappa shape index (κ1) is 16.0. The Hall–Kier alpha value is -1.87. The van der Waals surface area contributed by atoms with E-state index in [9.17, 15) is 8.42 Å². The molecule has 1 saturated carbocycles. The molecule has 124 valence electrons. The first-order chi connectivity index (χ1) is 11.1. The van der Waals surface area contributed by atoms with Crippen LogP contribution < -0.4 is 0 Å². The van der Waals surface area contributed by atoms with Gasteiger partial charge in [0.2, 0.25) is 10.0 Å². The van der Waals surface area contributed by atoms with E-state index in [0.29, 0.717) is 12.4 Å². The maximum atomic E-state index is 12.9. The van der Waals surface area contributed by atoms with Crippen LogP contribution in [0.2, 0.25) is 0 Å². The molecule has 0 saturated heterocycles. The van der Waals surface area contributed by atoms with Gasteiger partial charge < -0.3 is 0 Å². The zero-order chi connectivity index (χ0) is 16.3. The molecular formula is C14H20N6O2S. The number of tetrazole rings is 1. The lowest BCUT2D eigenvalue weighted by molar-refractivity contribution is 0.376.